The van der Waals surface area contributed by atoms with E-state index in [-0.39, 0.29) is 11.7 Å². The normalized spacial score (nSPS) is 10.6. The van der Waals surface area contributed by atoms with E-state index in [1.54, 1.807) is 19.5 Å². The highest BCUT2D eigenvalue weighted by molar-refractivity contribution is 9.10. The highest BCUT2D eigenvalue weighted by Crippen LogP contribution is 2.28. The summed E-state index contributed by atoms with van der Waals surface area (Å²) >= 11 is 4.71. The zero-order valence-electron chi connectivity index (χ0n) is 16.5. The van der Waals surface area contributed by atoms with E-state index in [2.05, 4.69) is 36.4 Å². The quantitative estimate of drug-likeness (QED) is 0.369. The zero-order chi connectivity index (χ0) is 21.6. The van der Waals surface area contributed by atoms with Gasteiger partial charge in [0.1, 0.15) is 5.75 Å². The van der Waals surface area contributed by atoms with Crippen LogP contribution in [0.1, 0.15) is 0 Å². The maximum Gasteiger partial charge on any atom is 0.234 e. The fourth-order valence-electron chi connectivity index (χ4n) is 2.88. The Morgan fingerprint density at radius 3 is 2.42 bits per heavy atom. The number of methoxy groups -OCH3 is 1. The number of anilines is 1. The summed E-state index contributed by atoms with van der Waals surface area (Å²) in [4.78, 5) is 16.5. The van der Waals surface area contributed by atoms with Crippen molar-refractivity contribution in [1.82, 2.24) is 19.7 Å². The number of ether oxygens (including phenoxy) is 1. The van der Waals surface area contributed by atoms with Crippen LogP contribution in [0.25, 0.3) is 17.1 Å². The largest absolute Gasteiger partial charge is 0.497 e. The highest BCUT2D eigenvalue weighted by atomic mass is 79.9. The van der Waals surface area contributed by atoms with Gasteiger partial charge in [-0.25, -0.2) is 0 Å². The van der Waals surface area contributed by atoms with Crippen LogP contribution in [0.4, 0.5) is 5.69 Å². The number of amides is 1. The molecule has 0 bridgehead atoms. The van der Waals surface area contributed by atoms with Crippen molar-refractivity contribution in [3.05, 3.63) is 77.5 Å². The predicted octanol–water partition coefficient (Wildman–Crippen LogP) is 4.83. The van der Waals surface area contributed by atoms with Gasteiger partial charge in [0.25, 0.3) is 0 Å². The molecule has 0 fully saturated rings. The number of carbonyl (C=O) groups excluding carboxylic acids is 1. The minimum Gasteiger partial charge on any atom is -0.497 e. The van der Waals surface area contributed by atoms with Crippen molar-refractivity contribution in [3.63, 3.8) is 0 Å². The third-order valence-corrected chi connectivity index (χ3v) is 5.82. The summed E-state index contributed by atoms with van der Waals surface area (Å²) in [7, 11) is 1.63. The Kier molecular flexibility index (Phi) is 6.63. The number of halogens is 1. The molecule has 156 valence electrons. The first-order valence-corrected chi connectivity index (χ1v) is 11.1. The van der Waals surface area contributed by atoms with Gasteiger partial charge in [0, 0.05) is 33.8 Å². The van der Waals surface area contributed by atoms with Crippen molar-refractivity contribution in [2.45, 2.75) is 5.16 Å². The predicted molar refractivity (Wildman–Crippen MR) is 125 cm³/mol. The van der Waals surface area contributed by atoms with Gasteiger partial charge in [-0.15, -0.1) is 10.2 Å². The number of thioether (sulfide) groups is 1. The number of pyridine rings is 1. The molecule has 2 aromatic heterocycles. The van der Waals surface area contributed by atoms with E-state index >= 15 is 0 Å². The molecule has 2 heterocycles. The maximum atomic E-state index is 12.5. The first-order valence-electron chi connectivity index (χ1n) is 9.32. The fraction of sp³-hybridized carbons (Fsp3) is 0.0909. The smallest absolute Gasteiger partial charge is 0.234 e. The van der Waals surface area contributed by atoms with E-state index in [4.69, 9.17) is 4.74 Å². The maximum absolute atomic E-state index is 12.5. The van der Waals surface area contributed by atoms with Crippen molar-refractivity contribution in [1.29, 1.82) is 0 Å². The fourth-order valence-corrected chi connectivity index (χ4v) is 3.89. The first kappa shape index (κ1) is 21.1. The summed E-state index contributed by atoms with van der Waals surface area (Å²) in [5.74, 6) is 1.50. The molecule has 0 aliphatic rings. The number of nitrogens with one attached hydrogen (secondary N) is 1. The standard InChI is InChI=1S/C22H18BrN5O2S/c1-30-19-8-6-18(7-9-19)28-21(15-10-12-24-13-11-15)26-27-22(28)31-14-20(29)25-17-4-2-16(23)3-5-17/h2-13H,14H2,1H3,(H,25,29). The van der Waals surface area contributed by atoms with E-state index in [1.807, 2.05) is 65.2 Å². The molecule has 0 unspecified atom stereocenters. The first-order chi connectivity index (χ1) is 15.1. The monoisotopic (exact) mass is 495 g/mol. The van der Waals surface area contributed by atoms with Crippen LogP contribution in [0.15, 0.2) is 82.7 Å². The van der Waals surface area contributed by atoms with Crippen LogP contribution >= 0.6 is 27.7 Å². The third-order valence-electron chi connectivity index (χ3n) is 4.36. The second-order valence-electron chi connectivity index (χ2n) is 6.42. The Morgan fingerprint density at radius 1 is 1.03 bits per heavy atom. The summed E-state index contributed by atoms with van der Waals surface area (Å²) in [5.41, 5.74) is 2.49. The van der Waals surface area contributed by atoms with Gasteiger partial charge in [-0.05, 0) is 60.7 Å². The molecule has 2 aromatic carbocycles. The summed E-state index contributed by atoms with van der Waals surface area (Å²) in [6.07, 6.45) is 3.42. The average molecular weight is 496 g/mol. The van der Waals surface area contributed by atoms with E-state index in [0.717, 1.165) is 27.2 Å². The molecule has 0 aliphatic carbocycles. The average Bonchev–Trinajstić information content (AvgIpc) is 3.24. The zero-order valence-corrected chi connectivity index (χ0v) is 18.9. The van der Waals surface area contributed by atoms with Crippen molar-refractivity contribution < 1.29 is 9.53 Å². The lowest BCUT2D eigenvalue weighted by atomic mass is 10.2. The lowest BCUT2D eigenvalue weighted by molar-refractivity contribution is -0.113. The molecule has 0 saturated carbocycles. The Labute approximate surface area is 192 Å². The minimum absolute atomic E-state index is 0.123. The van der Waals surface area contributed by atoms with Crippen LogP contribution in [0, 0.1) is 0 Å². The van der Waals surface area contributed by atoms with E-state index in [9.17, 15) is 4.79 Å². The van der Waals surface area contributed by atoms with E-state index in [0.29, 0.717) is 11.0 Å². The van der Waals surface area contributed by atoms with Crippen LogP contribution in [-0.4, -0.2) is 38.5 Å². The second kappa shape index (κ2) is 9.76. The molecule has 0 spiro atoms. The molecule has 0 saturated heterocycles. The highest BCUT2D eigenvalue weighted by Gasteiger charge is 2.17. The Morgan fingerprint density at radius 2 is 1.74 bits per heavy atom. The molecule has 0 radical (unpaired) electrons. The lowest BCUT2D eigenvalue weighted by Crippen LogP contribution is -2.14. The summed E-state index contributed by atoms with van der Waals surface area (Å²) in [5, 5.41) is 12.2. The molecular weight excluding hydrogens is 478 g/mol. The topological polar surface area (TPSA) is 81.9 Å². The van der Waals surface area contributed by atoms with Crippen LogP contribution in [0.5, 0.6) is 5.75 Å². The lowest BCUT2D eigenvalue weighted by Gasteiger charge is -2.11. The van der Waals surface area contributed by atoms with Gasteiger partial charge in [0.15, 0.2) is 11.0 Å². The Hall–Kier alpha value is -3.17. The van der Waals surface area contributed by atoms with Crippen LogP contribution in [-0.2, 0) is 4.79 Å². The molecule has 1 amide bonds. The van der Waals surface area contributed by atoms with Gasteiger partial charge in [0.2, 0.25) is 5.91 Å². The summed E-state index contributed by atoms with van der Waals surface area (Å²) < 4.78 is 8.14. The Bertz CT molecular complexity index is 1160. The number of carbonyl (C=O) groups is 1. The van der Waals surface area contributed by atoms with Crippen LogP contribution in [0.2, 0.25) is 0 Å². The number of hydrogen-bond acceptors (Lipinski definition) is 6. The van der Waals surface area contributed by atoms with E-state index < -0.39 is 0 Å². The van der Waals surface area contributed by atoms with E-state index in [1.165, 1.54) is 11.8 Å². The molecule has 4 aromatic rings. The third kappa shape index (κ3) is 5.12. The van der Waals surface area contributed by atoms with Crippen LogP contribution < -0.4 is 10.1 Å². The van der Waals surface area contributed by atoms with Crippen molar-refractivity contribution in [3.8, 4) is 22.8 Å². The number of aromatic nitrogens is 4. The van der Waals surface area contributed by atoms with Gasteiger partial charge >= 0.3 is 0 Å². The molecular formula is C22H18BrN5O2S. The van der Waals surface area contributed by atoms with Crippen molar-refractivity contribution in [2.75, 3.05) is 18.2 Å². The molecule has 9 heteroatoms. The van der Waals surface area contributed by atoms with Crippen molar-refractivity contribution in [2.24, 2.45) is 0 Å². The summed E-state index contributed by atoms with van der Waals surface area (Å²) in [6, 6.07) is 18.8. The van der Waals surface area contributed by atoms with Crippen LogP contribution in [0.3, 0.4) is 0 Å². The van der Waals surface area contributed by atoms with Crippen molar-refractivity contribution >= 4 is 39.3 Å². The van der Waals surface area contributed by atoms with Gasteiger partial charge in [-0.2, -0.15) is 0 Å². The minimum atomic E-state index is -0.123. The summed E-state index contributed by atoms with van der Waals surface area (Å²) in [6.45, 7) is 0. The van der Waals surface area contributed by atoms with Gasteiger partial charge in [0.05, 0.1) is 12.9 Å². The number of nitrogens with zero attached hydrogens (tertiary/aromatic N) is 4. The molecule has 7 nitrogen and oxygen atoms in total. The number of hydrogen-bond donors (Lipinski definition) is 1. The van der Waals surface area contributed by atoms with Gasteiger partial charge in [-0.3, -0.25) is 14.3 Å². The number of rotatable bonds is 7. The number of benzene rings is 2. The Balaban J connectivity index is 1.58. The SMILES string of the molecule is COc1ccc(-n2c(SCC(=O)Nc3ccc(Br)cc3)nnc2-c2ccncc2)cc1. The molecule has 0 atom stereocenters. The second-order valence-corrected chi connectivity index (χ2v) is 8.28. The molecule has 0 aliphatic heterocycles. The van der Waals surface area contributed by atoms with Gasteiger partial charge < -0.3 is 10.1 Å². The molecule has 31 heavy (non-hydrogen) atoms. The molecule has 1 N–H and O–H groups in total. The van der Waals surface area contributed by atoms with Gasteiger partial charge in [-0.1, -0.05) is 27.7 Å². The molecule has 4 rings (SSSR count).